The predicted molar refractivity (Wildman–Crippen MR) is 87.4 cm³/mol. The van der Waals surface area contributed by atoms with Gasteiger partial charge in [-0.3, -0.25) is 4.79 Å². The van der Waals surface area contributed by atoms with Crippen LogP contribution in [0.3, 0.4) is 0 Å². The second kappa shape index (κ2) is 7.05. The Balaban J connectivity index is 1.59. The van der Waals surface area contributed by atoms with Crippen molar-refractivity contribution in [2.45, 2.75) is 12.8 Å². The monoisotopic (exact) mass is 313 g/mol. The van der Waals surface area contributed by atoms with Crippen LogP contribution in [0, 0.1) is 0 Å². The van der Waals surface area contributed by atoms with Crippen molar-refractivity contribution in [3.8, 4) is 17.2 Å². The van der Waals surface area contributed by atoms with Crippen molar-refractivity contribution in [1.29, 1.82) is 0 Å². The molecule has 1 amide bonds. The second-order valence-electron chi connectivity index (χ2n) is 5.26. The van der Waals surface area contributed by atoms with Gasteiger partial charge in [0.1, 0.15) is 5.75 Å². The summed E-state index contributed by atoms with van der Waals surface area (Å²) in [6.45, 7) is 0.680. The van der Waals surface area contributed by atoms with E-state index >= 15 is 0 Å². The maximum Gasteiger partial charge on any atom is 0.262 e. The first-order valence-electron chi connectivity index (χ1n) is 7.57. The van der Waals surface area contributed by atoms with Gasteiger partial charge < -0.3 is 19.5 Å². The molecule has 1 aliphatic rings. The molecule has 2 aromatic carbocycles. The summed E-state index contributed by atoms with van der Waals surface area (Å²) >= 11 is 0. The van der Waals surface area contributed by atoms with E-state index < -0.39 is 0 Å². The Hall–Kier alpha value is -2.69. The van der Waals surface area contributed by atoms with Gasteiger partial charge in [0.2, 0.25) is 0 Å². The zero-order valence-corrected chi connectivity index (χ0v) is 13.0. The van der Waals surface area contributed by atoms with E-state index in [4.69, 9.17) is 14.2 Å². The van der Waals surface area contributed by atoms with Crippen LogP contribution in [0.1, 0.15) is 12.0 Å². The van der Waals surface area contributed by atoms with Crippen molar-refractivity contribution in [3.05, 3.63) is 48.0 Å². The number of anilines is 1. The molecule has 0 aliphatic carbocycles. The van der Waals surface area contributed by atoms with Gasteiger partial charge in [0.25, 0.3) is 5.91 Å². The summed E-state index contributed by atoms with van der Waals surface area (Å²) in [5.41, 5.74) is 1.88. The zero-order valence-electron chi connectivity index (χ0n) is 13.0. The largest absolute Gasteiger partial charge is 0.493 e. The van der Waals surface area contributed by atoms with Gasteiger partial charge in [-0.15, -0.1) is 0 Å². The highest BCUT2D eigenvalue weighted by Crippen LogP contribution is 2.28. The van der Waals surface area contributed by atoms with Crippen LogP contribution < -0.4 is 19.5 Å². The van der Waals surface area contributed by atoms with Crippen LogP contribution in [0.2, 0.25) is 0 Å². The smallest absolute Gasteiger partial charge is 0.262 e. The molecule has 0 fully saturated rings. The Bertz CT molecular complexity index is 699. The standard InChI is InChI=1S/C18H19NO4/c1-21-16-6-2-3-7-17(16)23-12-18(20)19-14-8-9-15-13(11-14)5-4-10-22-15/h2-3,6-9,11H,4-5,10,12H2,1H3,(H,19,20). The average molecular weight is 313 g/mol. The number of rotatable bonds is 5. The molecule has 2 aromatic rings. The molecule has 0 saturated carbocycles. The highest BCUT2D eigenvalue weighted by atomic mass is 16.5. The Labute approximate surface area is 135 Å². The van der Waals surface area contributed by atoms with Crippen LogP contribution in [-0.4, -0.2) is 26.2 Å². The number of hydrogen-bond acceptors (Lipinski definition) is 4. The van der Waals surface area contributed by atoms with E-state index in [0.717, 1.165) is 36.4 Å². The molecule has 1 aliphatic heterocycles. The number of para-hydroxylation sites is 2. The van der Waals surface area contributed by atoms with E-state index in [-0.39, 0.29) is 12.5 Å². The summed E-state index contributed by atoms with van der Waals surface area (Å²) in [5, 5.41) is 2.84. The summed E-state index contributed by atoms with van der Waals surface area (Å²) in [5.74, 6) is 1.84. The van der Waals surface area contributed by atoms with Crippen LogP contribution >= 0.6 is 0 Å². The fourth-order valence-corrected chi connectivity index (χ4v) is 2.52. The fraction of sp³-hybridized carbons (Fsp3) is 0.278. The molecule has 0 saturated heterocycles. The number of amides is 1. The van der Waals surface area contributed by atoms with Crippen LogP contribution in [-0.2, 0) is 11.2 Å². The van der Waals surface area contributed by atoms with Crippen LogP contribution in [0.15, 0.2) is 42.5 Å². The number of benzene rings is 2. The van der Waals surface area contributed by atoms with Crippen LogP contribution in [0.5, 0.6) is 17.2 Å². The van der Waals surface area contributed by atoms with E-state index in [2.05, 4.69) is 5.32 Å². The zero-order chi connectivity index (χ0) is 16.1. The maximum absolute atomic E-state index is 12.0. The van der Waals surface area contributed by atoms with Gasteiger partial charge in [-0.2, -0.15) is 0 Å². The summed E-state index contributed by atoms with van der Waals surface area (Å²) in [4.78, 5) is 12.0. The summed E-state index contributed by atoms with van der Waals surface area (Å²) in [7, 11) is 1.57. The molecule has 0 unspecified atom stereocenters. The molecule has 1 N–H and O–H groups in total. The molecule has 0 spiro atoms. The summed E-state index contributed by atoms with van der Waals surface area (Å²) in [6, 6.07) is 12.9. The van der Waals surface area contributed by atoms with Crippen LogP contribution in [0.4, 0.5) is 5.69 Å². The SMILES string of the molecule is COc1ccccc1OCC(=O)Nc1ccc2c(c1)CCCO2. The third kappa shape index (κ3) is 3.74. The van der Waals surface area contributed by atoms with E-state index in [1.54, 1.807) is 19.2 Å². The molecular weight excluding hydrogens is 294 g/mol. The Kier molecular flexibility index (Phi) is 4.66. The fourth-order valence-electron chi connectivity index (χ4n) is 2.52. The second-order valence-corrected chi connectivity index (χ2v) is 5.26. The van der Waals surface area contributed by atoms with Crippen molar-refractivity contribution < 1.29 is 19.0 Å². The van der Waals surface area contributed by atoms with Crippen molar-refractivity contribution >= 4 is 11.6 Å². The molecule has 5 nitrogen and oxygen atoms in total. The minimum absolute atomic E-state index is 0.0754. The van der Waals surface area contributed by atoms with Crippen molar-refractivity contribution in [2.24, 2.45) is 0 Å². The van der Waals surface area contributed by atoms with E-state index in [0.29, 0.717) is 11.5 Å². The van der Waals surface area contributed by atoms with Crippen LogP contribution in [0.25, 0.3) is 0 Å². The van der Waals surface area contributed by atoms with Crippen molar-refractivity contribution in [1.82, 2.24) is 0 Å². The quantitative estimate of drug-likeness (QED) is 0.922. The molecule has 5 heteroatoms. The third-order valence-electron chi connectivity index (χ3n) is 3.62. The maximum atomic E-state index is 12.0. The van der Waals surface area contributed by atoms with Gasteiger partial charge in [-0.05, 0) is 48.7 Å². The Morgan fingerprint density at radius 1 is 1.22 bits per heavy atom. The molecule has 0 bridgehead atoms. The van der Waals surface area contributed by atoms with Crippen molar-refractivity contribution in [3.63, 3.8) is 0 Å². The number of carbonyl (C=O) groups is 1. The number of carbonyl (C=O) groups excluding carboxylic acids is 1. The highest BCUT2D eigenvalue weighted by molar-refractivity contribution is 5.92. The lowest BCUT2D eigenvalue weighted by atomic mass is 10.1. The van der Waals surface area contributed by atoms with Gasteiger partial charge in [0.05, 0.1) is 13.7 Å². The lowest BCUT2D eigenvalue weighted by Crippen LogP contribution is -2.20. The molecule has 23 heavy (non-hydrogen) atoms. The molecule has 3 rings (SSSR count). The molecule has 120 valence electrons. The van der Waals surface area contributed by atoms with Gasteiger partial charge in [-0.1, -0.05) is 12.1 Å². The van der Waals surface area contributed by atoms with Gasteiger partial charge >= 0.3 is 0 Å². The number of methoxy groups -OCH3 is 1. The molecular formula is C18H19NO4. The first-order chi connectivity index (χ1) is 11.3. The third-order valence-corrected chi connectivity index (χ3v) is 3.62. The molecule has 0 atom stereocenters. The van der Waals surface area contributed by atoms with Gasteiger partial charge in [0.15, 0.2) is 18.1 Å². The molecule has 0 radical (unpaired) electrons. The normalized spacial score (nSPS) is 12.7. The Morgan fingerprint density at radius 2 is 2.04 bits per heavy atom. The highest BCUT2D eigenvalue weighted by Gasteiger charge is 2.12. The first kappa shape index (κ1) is 15.2. The van der Waals surface area contributed by atoms with Gasteiger partial charge in [0, 0.05) is 5.69 Å². The first-order valence-corrected chi connectivity index (χ1v) is 7.57. The van der Waals surface area contributed by atoms with Crippen molar-refractivity contribution in [2.75, 3.05) is 25.6 Å². The lowest BCUT2D eigenvalue weighted by molar-refractivity contribution is -0.118. The van der Waals surface area contributed by atoms with Gasteiger partial charge in [-0.25, -0.2) is 0 Å². The number of nitrogens with one attached hydrogen (secondary N) is 1. The van der Waals surface area contributed by atoms with E-state index in [1.165, 1.54) is 0 Å². The Morgan fingerprint density at radius 3 is 2.87 bits per heavy atom. The van der Waals surface area contributed by atoms with E-state index in [1.807, 2.05) is 30.3 Å². The lowest BCUT2D eigenvalue weighted by Gasteiger charge is -2.18. The predicted octanol–water partition coefficient (Wildman–Crippen LogP) is 3.04. The topological polar surface area (TPSA) is 56.8 Å². The molecule has 0 aromatic heterocycles. The summed E-state index contributed by atoms with van der Waals surface area (Å²) < 4.78 is 16.3. The number of ether oxygens (including phenoxy) is 3. The minimum Gasteiger partial charge on any atom is -0.493 e. The minimum atomic E-state index is -0.215. The average Bonchev–Trinajstić information content (AvgIpc) is 2.60. The number of fused-ring (bicyclic) bond motifs is 1. The number of hydrogen-bond donors (Lipinski definition) is 1. The molecule has 1 heterocycles. The van der Waals surface area contributed by atoms with E-state index in [9.17, 15) is 4.79 Å². The number of aryl methyl sites for hydroxylation is 1. The summed E-state index contributed by atoms with van der Waals surface area (Å²) in [6.07, 6.45) is 1.97.